The first kappa shape index (κ1) is 20.1. The van der Waals surface area contributed by atoms with Gasteiger partial charge in [0.05, 0.1) is 19.4 Å². The summed E-state index contributed by atoms with van der Waals surface area (Å²) in [4.78, 5) is 11.6. The summed E-state index contributed by atoms with van der Waals surface area (Å²) in [6, 6.07) is 6.39. The fourth-order valence-electron chi connectivity index (χ4n) is 4.22. The maximum Gasteiger partial charge on any atom is 0.125 e. The van der Waals surface area contributed by atoms with Gasteiger partial charge in [-0.25, -0.2) is 9.97 Å². The van der Waals surface area contributed by atoms with Crippen LogP contribution in [0.15, 0.2) is 24.4 Å². The summed E-state index contributed by atoms with van der Waals surface area (Å²) in [5.41, 5.74) is 4.69. The van der Waals surface area contributed by atoms with Crippen molar-refractivity contribution in [3.8, 4) is 5.75 Å². The summed E-state index contributed by atoms with van der Waals surface area (Å²) in [7, 11) is 1.74. The molecule has 146 valence electrons. The largest absolute Gasteiger partial charge is 0.496 e. The normalized spacial score (nSPS) is 18.6. The van der Waals surface area contributed by atoms with Crippen LogP contribution in [-0.2, 0) is 23.3 Å². The number of nitrogens with zero attached hydrogens (tertiary/aromatic N) is 3. The third-order valence-electron chi connectivity index (χ3n) is 5.66. The van der Waals surface area contributed by atoms with E-state index < -0.39 is 0 Å². The average molecular weight is 390 g/mol. The Labute approximate surface area is 167 Å². The molecule has 0 unspecified atom stereocenters. The summed E-state index contributed by atoms with van der Waals surface area (Å²) >= 11 is 0. The molecule has 1 fully saturated rings. The Balaban J connectivity index is 0.00000210. The first-order valence-corrected chi connectivity index (χ1v) is 9.42. The Morgan fingerprint density at radius 2 is 2.00 bits per heavy atom. The summed E-state index contributed by atoms with van der Waals surface area (Å²) < 4.78 is 11.9. The molecule has 1 aromatic heterocycles. The van der Waals surface area contributed by atoms with Crippen molar-refractivity contribution in [2.24, 2.45) is 0 Å². The van der Waals surface area contributed by atoms with Gasteiger partial charge in [0, 0.05) is 31.4 Å². The minimum atomic E-state index is -0.228. The Hall–Kier alpha value is -1.69. The molecule has 3 heterocycles. The predicted octanol–water partition coefficient (Wildman–Crippen LogP) is 3.59. The van der Waals surface area contributed by atoms with Gasteiger partial charge in [0.2, 0.25) is 0 Å². The number of aryl methyl sites for hydroxylation is 2. The molecule has 1 spiro atoms. The van der Waals surface area contributed by atoms with Crippen molar-refractivity contribution in [2.45, 2.75) is 45.3 Å². The van der Waals surface area contributed by atoms with E-state index in [1.165, 1.54) is 16.7 Å². The molecule has 27 heavy (non-hydrogen) atoms. The maximum atomic E-state index is 6.31. The van der Waals surface area contributed by atoms with Crippen molar-refractivity contribution in [1.82, 2.24) is 14.9 Å². The highest BCUT2D eigenvalue weighted by Gasteiger charge is 2.42. The molecule has 6 heteroatoms. The molecule has 2 aliphatic heterocycles. The quantitative estimate of drug-likeness (QED) is 0.802. The van der Waals surface area contributed by atoms with E-state index in [-0.39, 0.29) is 18.0 Å². The van der Waals surface area contributed by atoms with E-state index in [0.717, 1.165) is 62.8 Å². The molecule has 2 aliphatic rings. The highest BCUT2D eigenvalue weighted by Crippen LogP contribution is 2.40. The van der Waals surface area contributed by atoms with E-state index in [0.29, 0.717) is 0 Å². The Morgan fingerprint density at radius 3 is 2.74 bits per heavy atom. The Kier molecular flexibility index (Phi) is 6.04. The first-order chi connectivity index (χ1) is 12.6. The van der Waals surface area contributed by atoms with Crippen LogP contribution < -0.4 is 4.74 Å². The monoisotopic (exact) mass is 389 g/mol. The molecule has 1 aromatic carbocycles. The van der Waals surface area contributed by atoms with Crippen molar-refractivity contribution in [3.05, 3.63) is 52.6 Å². The lowest BCUT2D eigenvalue weighted by Crippen LogP contribution is -2.47. The van der Waals surface area contributed by atoms with Crippen molar-refractivity contribution in [1.29, 1.82) is 0 Å². The summed E-state index contributed by atoms with van der Waals surface area (Å²) in [5.74, 6) is 1.80. The minimum Gasteiger partial charge on any atom is -0.496 e. The number of fused-ring (bicyclic) bond motifs is 2. The van der Waals surface area contributed by atoms with Gasteiger partial charge in [-0.3, -0.25) is 4.90 Å². The number of hydrogen-bond donors (Lipinski definition) is 0. The number of likely N-dealkylation sites (tertiary alicyclic amines) is 1. The standard InChI is InChI=1S/C21H27N3O2.ClH/c1-15-4-5-19(25-3)18(12-15)14-24-9-7-21(8-10-24)20-17(6-11-26-21)13-22-16(2)23-20;/h4-5,12-13H,6-11,14H2,1-3H3;1H. The lowest BCUT2D eigenvalue weighted by atomic mass is 9.83. The predicted molar refractivity (Wildman–Crippen MR) is 108 cm³/mol. The number of methoxy groups -OCH3 is 1. The second-order valence-corrected chi connectivity index (χ2v) is 7.48. The summed E-state index contributed by atoms with van der Waals surface area (Å²) in [6.07, 6.45) is 4.86. The van der Waals surface area contributed by atoms with E-state index >= 15 is 0 Å². The summed E-state index contributed by atoms with van der Waals surface area (Å²) in [5, 5.41) is 0. The SMILES string of the molecule is COc1ccc(C)cc1CN1CCC2(CC1)OCCc1cnc(C)nc12.Cl. The van der Waals surface area contributed by atoms with Crippen LogP contribution in [0.5, 0.6) is 5.75 Å². The Morgan fingerprint density at radius 1 is 1.22 bits per heavy atom. The van der Waals surface area contributed by atoms with Crippen LogP contribution in [0.3, 0.4) is 0 Å². The van der Waals surface area contributed by atoms with Gasteiger partial charge in [0.15, 0.2) is 0 Å². The van der Waals surface area contributed by atoms with Gasteiger partial charge >= 0.3 is 0 Å². The molecule has 0 saturated carbocycles. The van der Waals surface area contributed by atoms with Crippen molar-refractivity contribution in [2.75, 3.05) is 26.8 Å². The van der Waals surface area contributed by atoms with Crippen molar-refractivity contribution in [3.63, 3.8) is 0 Å². The Bertz CT molecular complexity index is 804. The molecule has 0 amide bonds. The lowest BCUT2D eigenvalue weighted by molar-refractivity contribution is -0.102. The molecular formula is C21H28ClN3O2. The maximum absolute atomic E-state index is 6.31. The van der Waals surface area contributed by atoms with E-state index in [1.54, 1.807) is 7.11 Å². The van der Waals surface area contributed by atoms with Crippen molar-refractivity contribution < 1.29 is 9.47 Å². The number of rotatable bonds is 3. The molecule has 0 aliphatic carbocycles. The first-order valence-electron chi connectivity index (χ1n) is 9.42. The van der Waals surface area contributed by atoms with Gasteiger partial charge in [-0.2, -0.15) is 0 Å². The molecular weight excluding hydrogens is 362 g/mol. The smallest absolute Gasteiger partial charge is 0.125 e. The fraction of sp³-hybridized carbons (Fsp3) is 0.524. The third-order valence-corrected chi connectivity index (χ3v) is 5.66. The van der Waals surface area contributed by atoms with Crippen LogP contribution in [-0.4, -0.2) is 41.7 Å². The number of aromatic nitrogens is 2. The van der Waals surface area contributed by atoms with Crippen LogP contribution in [0.1, 0.15) is 41.1 Å². The topological polar surface area (TPSA) is 47.5 Å². The van der Waals surface area contributed by atoms with Gasteiger partial charge in [-0.1, -0.05) is 17.7 Å². The number of piperidine rings is 1. The molecule has 0 bridgehead atoms. The second kappa shape index (κ2) is 8.13. The highest BCUT2D eigenvalue weighted by atomic mass is 35.5. The fourth-order valence-corrected chi connectivity index (χ4v) is 4.22. The zero-order chi connectivity index (χ0) is 18.1. The zero-order valence-electron chi connectivity index (χ0n) is 16.3. The van der Waals surface area contributed by atoms with Gasteiger partial charge in [-0.15, -0.1) is 12.4 Å². The number of halogens is 1. The molecule has 0 atom stereocenters. The lowest BCUT2D eigenvalue weighted by Gasteiger charge is -2.44. The van der Waals surface area contributed by atoms with Gasteiger partial charge in [-0.05, 0) is 44.7 Å². The van der Waals surface area contributed by atoms with E-state index in [9.17, 15) is 0 Å². The van der Waals surface area contributed by atoms with Gasteiger partial charge in [0.1, 0.15) is 17.2 Å². The van der Waals surface area contributed by atoms with E-state index in [1.807, 2.05) is 13.1 Å². The third kappa shape index (κ3) is 3.96. The molecule has 1 saturated heterocycles. The van der Waals surface area contributed by atoms with Gasteiger partial charge in [0.25, 0.3) is 0 Å². The van der Waals surface area contributed by atoms with E-state index in [4.69, 9.17) is 14.5 Å². The van der Waals surface area contributed by atoms with Crippen molar-refractivity contribution >= 4 is 12.4 Å². The minimum absolute atomic E-state index is 0. The molecule has 4 rings (SSSR count). The number of benzene rings is 1. The van der Waals surface area contributed by atoms with E-state index in [2.05, 4.69) is 35.0 Å². The molecule has 0 N–H and O–H groups in total. The summed E-state index contributed by atoms with van der Waals surface area (Å²) in [6.45, 7) is 7.77. The van der Waals surface area contributed by atoms with Crippen LogP contribution in [0.4, 0.5) is 0 Å². The number of ether oxygens (including phenoxy) is 2. The van der Waals surface area contributed by atoms with Gasteiger partial charge < -0.3 is 9.47 Å². The second-order valence-electron chi connectivity index (χ2n) is 7.48. The van der Waals surface area contributed by atoms with Crippen LogP contribution in [0.25, 0.3) is 0 Å². The molecule has 5 nitrogen and oxygen atoms in total. The number of hydrogen-bond acceptors (Lipinski definition) is 5. The molecule has 0 radical (unpaired) electrons. The highest BCUT2D eigenvalue weighted by molar-refractivity contribution is 5.85. The molecule has 2 aromatic rings. The van der Waals surface area contributed by atoms with Crippen LogP contribution in [0, 0.1) is 13.8 Å². The van der Waals surface area contributed by atoms with Crippen LogP contribution in [0.2, 0.25) is 0 Å². The zero-order valence-corrected chi connectivity index (χ0v) is 17.1. The van der Waals surface area contributed by atoms with Crippen LogP contribution >= 0.6 is 12.4 Å². The average Bonchev–Trinajstić information content (AvgIpc) is 2.65.